The summed E-state index contributed by atoms with van der Waals surface area (Å²) in [7, 11) is -4.22. The van der Waals surface area contributed by atoms with Gasteiger partial charge in [0.25, 0.3) is 10.0 Å². The van der Waals surface area contributed by atoms with E-state index < -0.39 is 27.9 Å². The van der Waals surface area contributed by atoms with Crippen LogP contribution in [0.4, 0.5) is 24.8 Å². The van der Waals surface area contributed by atoms with Crippen molar-refractivity contribution in [3.05, 3.63) is 65.7 Å². The minimum Gasteiger partial charge on any atom is -0.389 e. The fraction of sp³-hybridized carbons (Fsp3) is 0.238. The monoisotopic (exact) mass is 464 g/mol. The van der Waals surface area contributed by atoms with Crippen molar-refractivity contribution in [3.63, 3.8) is 0 Å². The molecular formula is C21H19F3N4O3S. The second-order valence-electron chi connectivity index (χ2n) is 7.40. The maximum atomic E-state index is 13.6. The number of β-amino-alcohol motifs (C(OH)–C–C–N with tert-alkyl or cyclic N) is 1. The summed E-state index contributed by atoms with van der Waals surface area (Å²) >= 11 is 0. The molecule has 3 aromatic rings. The Labute approximate surface area is 182 Å². The summed E-state index contributed by atoms with van der Waals surface area (Å²) in [6.07, 6.45) is -5.16. The van der Waals surface area contributed by atoms with Gasteiger partial charge in [-0.2, -0.15) is 21.6 Å². The van der Waals surface area contributed by atoms with E-state index in [1.807, 2.05) is 0 Å². The lowest BCUT2D eigenvalue weighted by atomic mass is 10.0. The Morgan fingerprint density at radius 3 is 2.41 bits per heavy atom. The highest BCUT2D eigenvalue weighted by molar-refractivity contribution is 7.92. The zero-order valence-corrected chi connectivity index (χ0v) is 17.7. The molecule has 168 valence electrons. The highest BCUT2D eigenvalue weighted by Gasteiger charge is 2.35. The number of pyridine rings is 2. The molecule has 0 radical (unpaired) electrons. The van der Waals surface area contributed by atoms with E-state index in [2.05, 4.69) is 14.7 Å². The fourth-order valence-electron chi connectivity index (χ4n) is 3.35. The molecule has 0 spiro atoms. The number of aryl methyl sites for hydroxylation is 1. The highest BCUT2D eigenvalue weighted by Crippen LogP contribution is 2.38. The van der Waals surface area contributed by atoms with Crippen molar-refractivity contribution in [1.29, 1.82) is 0 Å². The zero-order valence-electron chi connectivity index (χ0n) is 16.8. The molecule has 4 rings (SSSR count). The SMILES string of the molecule is Cc1ccccc1-c1nc(NS(=O)(=O)c2cccc(N3CC(O)C3)n2)ccc1C(F)(F)F. The van der Waals surface area contributed by atoms with Crippen LogP contribution < -0.4 is 9.62 Å². The number of nitrogens with one attached hydrogen (secondary N) is 1. The molecule has 32 heavy (non-hydrogen) atoms. The van der Waals surface area contributed by atoms with E-state index in [1.54, 1.807) is 36.1 Å². The molecule has 1 fully saturated rings. The summed E-state index contributed by atoms with van der Waals surface area (Å²) in [6, 6.07) is 12.6. The van der Waals surface area contributed by atoms with Crippen LogP contribution in [-0.4, -0.2) is 42.7 Å². The van der Waals surface area contributed by atoms with Gasteiger partial charge in [0.05, 0.1) is 17.4 Å². The summed E-state index contributed by atoms with van der Waals surface area (Å²) < 4.78 is 68.6. The number of hydrogen-bond acceptors (Lipinski definition) is 6. The smallest absolute Gasteiger partial charge is 0.389 e. The molecule has 2 aromatic heterocycles. The van der Waals surface area contributed by atoms with Crippen LogP contribution in [0.5, 0.6) is 0 Å². The minimum absolute atomic E-state index is 0.248. The molecule has 1 aromatic carbocycles. The normalized spacial score (nSPS) is 14.8. The van der Waals surface area contributed by atoms with E-state index in [-0.39, 0.29) is 22.1 Å². The van der Waals surface area contributed by atoms with Gasteiger partial charge in [-0.25, -0.2) is 9.97 Å². The summed E-state index contributed by atoms with van der Waals surface area (Å²) in [5, 5.41) is 9.12. The Morgan fingerprint density at radius 2 is 1.75 bits per heavy atom. The number of benzene rings is 1. The maximum Gasteiger partial charge on any atom is 0.418 e. The standard InChI is InChI=1S/C21H19F3N4O3S/c1-13-5-2-3-6-15(13)20-16(21(22,23)24)9-10-17(25-20)27-32(30,31)19-8-4-7-18(26-19)28-11-14(29)12-28/h2-10,14,29H,11-12H2,1H3,(H,25,27). The Morgan fingerprint density at radius 1 is 1.03 bits per heavy atom. The molecule has 0 bridgehead atoms. The average molecular weight is 464 g/mol. The summed E-state index contributed by atoms with van der Waals surface area (Å²) in [4.78, 5) is 9.80. The van der Waals surface area contributed by atoms with Crippen molar-refractivity contribution in [2.75, 3.05) is 22.7 Å². The number of aliphatic hydroxyl groups is 1. The average Bonchev–Trinajstić information content (AvgIpc) is 2.71. The first-order valence-corrected chi connectivity index (χ1v) is 11.1. The van der Waals surface area contributed by atoms with Gasteiger partial charge in [-0.1, -0.05) is 30.3 Å². The second-order valence-corrected chi connectivity index (χ2v) is 9.03. The lowest BCUT2D eigenvalue weighted by molar-refractivity contribution is -0.137. The van der Waals surface area contributed by atoms with Crippen LogP contribution in [0.3, 0.4) is 0 Å². The number of sulfonamides is 1. The lowest BCUT2D eigenvalue weighted by Crippen LogP contribution is -2.51. The Balaban J connectivity index is 1.70. The van der Waals surface area contributed by atoms with E-state index in [9.17, 15) is 26.7 Å². The van der Waals surface area contributed by atoms with Crippen LogP contribution in [-0.2, 0) is 16.2 Å². The third-order valence-corrected chi connectivity index (χ3v) is 6.27. The van der Waals surface area contributed by atoms with Crippen molar-refractivity contribution in [3.8, 4) is 11.3 Å². The zero-order chi connectivity index (χ0) is 23.1. The van der Waals surface area contributed by atoms with Gasteiger partial charge in [-0.3, -0.25) is 4.72 Å². The van der Waals surface area contributed by atoms with Gasteiger partial charge in [0.15, 0.2) is 5.03 Å². The van der Waals surface area contributed by atoms with Crippen LogP contribution in [0.1, 0.15) is 11.1 Å². The van der Waals surface area contributed by atoms with E-state index in [1.165, 1.54) is 18.2 Å². The van der Waals surface area contributed by atoms with Gasteiger partial charge in [0.2, 0.25) is 0 Å². The molecule has 2 N–H and O–H groups in total. The number of halogens is 3. The number of hydrogen-bond donors (Lipinski definition) is 2. The van der Waals surface area contributed by atoms with Crippen molar-refractivity contribution >= 4 is 21.7 Å². The number of rotatable bonds is 5. The Kier molecular flexibility index (Phi) is 5.55. The topological polar surface area (TPSA) is 95.4 Å². The molecule has 3 heterocycles. The number of anilines is 2. The lowest BCUT2D eigenvalue weighted by Gasteiger charge is -2.36. The van der Waals surface area contributed by atoms with Gasteiger partial charge >= 0.3 is 6.18 Å². The van der Waals surface area contributed by atoms with E-state index >= 15 is 0 Å². The van der Waals surface area contributed by atoms with Crippen LogP contribution in [0.2, 0.25) is 0 Å². The van der Waals surface area contributed by atoms with Crippen molar-refractivity contribution in [2.24, 2.45) is 0 Å². The largest absolute Gasteiger partial charge is 0.418 e. The molecule has 0 aliphatic carbocycles. The van der Waals surface area contributed by atoms with E-state index in [0.717, 1.165) is 12.1 Å². The molecule has 0 amide bonds. The third-order valence-electron chi connectivity index (χ3n) is 5.01. The number of aromatic nitrogens is 2. The Bertz CT molecular complexity index is 1260. The van der Waals surface area contributed by atoms with Gasteiger partial charge in [0.1, 0.15) is 11.6 Å². The molecule has 1 aliphatic heterocycles. The molecule has 0 saturated carbocycles. The molecular weight excluding hydrogens is 445 g/mol. The van der Waals surface area contributed by atoms with Gasteiger partial charge < -0.3 is 10.0 Å². The summed E-state index contributed by atoms with van der Waals surface area (Å²) in [6.45, 7) is 2.32. The molecule has 1 aliphatic rings. The number of alkyl halides is 3. The van der Waals surface area contributed by atoms with Gasteiger partial charge in [0, 0.05) is 18.7 Å². The van der Waals surface area contributed by atoms with E-state index in [0.29, 0.717) is 24.5 Å². The van der Waals surface area contributed by atoms with Gasteiger partial charge in [-0.15, -0.1) is 0 Å². The van der Waals surface area contributed by atoms with Crippen molar-refractivity contribution < 1.29 is 26.7 Å². The second kappa shape index (κ2) is 8.06. The highest BCUT2D eigenvalue weighted by atomic mass is 32.2. The summed E-state index contributed by atoms with van der Waals surface area (Å²) in [5.41, 5.74) is -0.521. The molecule has 0 unspecified atom stereocenters. The van der Waals surface area contributed by atoms with Crippen LogP contribution >= 0.6 is 0 Å². The quantitative estimate of drug-likeness (QED) is 0.601. The molecule has 7 nitrogen and oxygen atoms in total. The number of aliphatic hydroxyl groups excluding tert-OH is 1. The molecule has 1 saturated heterocycles. The predicted octanol–water partition coefficient (Wildman–Crippen LogP) is 3.45. The first kappa shape index (κ1) is 22.0. The Hall–Kier alpha value is -3.18. The van der Waals surface area contributed by atoms with Crippen LogP contribution in [0, 0.1) is 6.92 Å². The predicted molar refractivity (Wildman–Crippen MR) is 113 cm³/mol. The summed E-state index contributed by atoms with van der Waals surface area (Å²) in [5.74, 6) is 0.113. The molecule has 0 atom stereocenters. The first-order chi connectivity index (χ1) is 15.0. The first-order valence-electron chi connectivity index (χ1n) is 9.62. The maximum absolute atomic E-state index is 13.6. The van der Waals surface area contributed by atoms with E-state index in [4.69, 9.17) is 0 Å². The van der Waals surface area contributed by atoms with Crippen LogP contribution in [0.25, 0.3) is 11.3 Å². The number of nitrogens with zero attached hydrogens (tertiary/aromatic N) is 3. The minimum atomic E-state index is -4.67. The van der Waals surface area contributed by atoms with Crippen molar-refractivity contribution in [1.82, 2.24) is 9.97 Å². The molecule has 11 heteroatoms. The van der Waals surface area contributed by atoms with Crippen LogP contribution in [0.15, 0.2) is 59.6 Å². The van der Waals surface area contributed by atoms with Gasteiger partial charge in [-0.05, 0) is 36.8 Å². The van der Waals surface area contributed by atoms with Crippen molar-refractivity contribution in [2.45, 2.75) is 24.2 Å². The third kappa shape index (κ3) is 4.39. The fourth-order valence-corrected chi connectivity index (χ4v) is 4.32.